The van der Waals surface area contributed by atoms with Crippen molar-refractivity contribution in [1.82, 2.24) is 15.0 Å². The first-order valence-electron chi connectivity index (χ1n) is 9.67. The van der Waals surface area contributed by atoms with Gasteiger partial charge in [-0.15, -0.1) is 22.7 Å². The Balaban J connectivity index is 1.30. The Labute approximate surface area is 180 Å². The first-order valence-corrected chi connectivity index (χ1v) is 11.4. The van der Waals surface area contributed by atoms with Crippen LogP contribution in [0.15, 0.2) is 57.7 Å². The van der Waals surface area contributed by atoms with Crippen LogP contribution in [0.3, 0.4) is 0 Å². The highest BCUT2D eigenvalue weighted by molar-refractivity contribution is 7.10. The number of aryl methyl sites for hydroxylation is 1. The number of carbonyl (C=O) groups is 1. The number of rotatable bonds is 5. The summed E-state index contributed by atoms with van der Waals surface area (Å²) in [6, 6.07) is 12.2. The van der Waals surface area contributed by atoms with Crippen LogP contribution in [0.4, 0.5) is 4.39 Å². The van der Waals surface area contributed by atoms with Gasteiger partial charge in [0.15, 0.2) is 0 Å². The molecule has 1 aliphatic heterocycles. The van der Waals surface area contributed by atoms with Crippen LogP contribution in [0.1, 0.15) is 33.7 Å². The molecule has 152 valence electrons. The summed E-state index contributed by atoms with van der Waals surface area (Å²) < 4.78 is 18.4. The van der Waals surface area contributed by atoms with Gasteiger partial charge < -0.3 is 9.42 Å². The van der Waals surface area contributed by atoms with Crippen molar-refractivity contribution in [3.05, 3.63) is 80.3 Å². The van der Waals surface area contributed by atoms with E-state index in [1.807, 2.05) is 16.3 Å². The molecule has 1 aromatic carbocycles. The molecule has 0 saturated heterocycles. The van der Waals surface area contributed by atoms with Gasteiger partial charge in [-0.05, 0) is 59.1 Å². The molecule has 0 radical (unpaired) electrons. The van der Waals surface area contributed by atoms with Crippen molar-refractivity contribution in [3.63, 3.8) is 0 Å². The SMILES string of the molecule is O=C(CCc1nc(-c2ccc(F)cc2)no1)N1CCc2sccc2[C@H]1c1cccs1. The predicted molar refractivity (Wildman–Crippen MR) is 114 cm³/mol. The number of fused-ring (bicyclic) bond motifs is 1. The number of hydrogen-bond acceptors (Lipinski definition) is 6. The highest BCUT2D eigenvalue weighted by Crippen LogP contribution is 2.39. The van der Waals surface area contributed by atoms with E-state index in [0.717, 1.165) is 6.42 Å². The van der Waals surface area contributed by atoms with Crippen molar-refractivity contribution in [1.29, 1.82) is 0 Å². The van der Waals surface area contributed by atoms with Gasteiger partial charge in [0.2, 0.25) is 17.6 Å². The Morgan fingerprint density at radius 2 is 2.03 bits per heavy atom. The van der Waals surface area contributed by atoms with Crippen LogP contribution >= 0.6 is 22.7 Å². The fourth-order valence-corrected chi connectivity index (χ4v) is 5.53. The first kappa shape index (κ1) is 19.1. The van der Waals surface area contributed by atoms with Crippen LogP contribution in [0.5, 0.6) is 0 Å². The standard InChI is InChI=1S/C22H18FN3O2S2/c23-15-5-3-14(4-6-15)22-24-19(28-25-22)7-8-20(27)26-11-9-17-16(10-13-30-17)21(26)18-2-1-12-29-18/h1-6,10,12-13,21H,7-9,11H2/t21-/m0/s1. The highest BCUT2D eigenvalue weighted by atomic mass is 32.1. The normalized spacial score (nSPS) is 15.9. The number of benzene rings is 1. The molecular formula is C22H18FN3O2S2. The second-order valence-corrected chi connectivity index (χ2v) is 9.05. The van der Waals surface area contributed by atoms with E-state index >= 15 is 0 Å². The largest absolute Gasteiger partial charge is 0.339 e. The second-order valence-electron chi connectivity index (χ2n) is 7.07. The molecule has 0 spiro atoms. The molecule has 0 saturated carbocycles. The van der Waals surface area contributed by atoms with Gasteiger partial charge >= 0.3 is 0 Å². The number of halogens is 1. The van der Waals surface area contributed by atoms with Gasteiger partial charge in [-0.1, -0.05) is 11.2 Å². The molecule has 1 aliphatic rings. The van der Waals surface area contributed by atoms with Crippen molar-refractivity contribution >= 4 is 28.6 Å². The summed E-state index contributed by atoms with van der Waals surface area (Å²) in [7, 11) is 0. The van der Waals surface area contributed by atoms with Gasteiger partial charge in [0.1, 0.15) is 5.82 Å². The van der Waals surface area contributed by atoms with Crippen LogP contribution < -0.4 is 0 Å². The van der Waals surface area contributed by atoms with E-state index in [2.05, 4.69) is 27.7 Å². The van der Waals surface area contributed by atoms with E-state index in [9.17, 15) is 9.18 Å². The van der Waals surface area contributed by atoms with Crippen molar-refractivity contribution < 1.29 is 13.7 Å². The maximum atomic E-state index is 13.1. The number of aromatic nitrogens is 2. The lowest BCUT2D eigenvalue weighted by Gasteiger charge is -2.35. The molecule has 0 bridgehead atoms. The van der Waals surface area contributed by atoms with Crippen molar-refractivity contribution in [2.45, 2.75) is 25.3 Å². The Morgan fingerprint density at radius 1 is 1.17 bits per heavy atom. The zero-order valence-electron chi connectivity index (χ0n) is 16.0. The molecule has 0 unspecified atom stereocenters. The lowest BCUT2D eigenvalue weighted by Crippen LogP contribution is -2.39. The third-order valence-electron chi connectivity index (χ3n) is 5.22. The first-order chi connectivity index (χ1) is 14.7. The van der Waals surface area contributed by atoms with Gasteiger partial charge in [-0.2, -0.15) is 4.98 Å². The maximum Gasteiger partial charge on any atom is 0.227 e. The lowest BCUT2D eigenvalue weighted by molar-refractivity contribution is -0.133. The molecule has 1 atom stereocenters. The smallest absolute Gasteiger partial charge is 0.227 e. The topological polar surface area (TPSA) is 59.2 Å². The van der Waals surface area contributed by atoms with E-state index in [4.69, 9.17) is 4.52 Å². The molecule has 8 heteroatoms. The molecule has 30 heavy (non-hydrogen) atoms. The van der Waals surface area contributed by atoms with Gasteiger partial charge in [-0.3, -0.25) is 4.79 Å². The van der Waals surface area contributed by atoms with Crippen LogP contribution in [0, 0.1) is 5.82 Å². The molecule has 4 aromatic rings. The molecule has 0 fully saturated rings. The Bertz CT molecular complexity index is 1150. The number of thiophene rings is 2. The minimum absolute atomic E-state index is 0.0232. The molecule has 5 rings (SSSR count). The summed E-state index contributed by atoms with van der Waals surface area (Å²) >= 11 is 3.44. The van der Waals surface area contributed by atoms with Crippen molar-refractivity contribution in [2.24, 2.45) is 0 Å². The summed E-state index contributed by atoms with van der Waals surface area (Å²) in [6.07, 6.45) is 1.56. The Morgan fingerprint density at radius 3 is 2.83 bits per heavy atom. The zero-order chi connectivity index (χ0) is 20.5. The number of carbonyl (C=O) groups excluding carboxylic acids is 1. The van der Waals surface area contributed by atoms with E-state index in [1.165, 1.54) is 27.5 Å². The van der Waals surface area contributed by atoms with Crippen molar-refractivity contribution in [2.75, 3.05) is 6.54 Å². The molecule has 0 N–H and O–H groups in total. The van der Waals surface area contributed by atoms with Crippen molar-refractivity contribution in [3.8, 4) is 11.4 Å². The highest BCUT2D eigenvalue weighted by Gasteiger charge is 2.33. The van der Waals surface area contributed by atoms with Gasteiger partial charge in [0, 0.05) is 34.7 Å². The minimum Gasteiger partial charge on any atom is -0.339 e. The molecule has 5 nitrogen and oxygen atoms in total. The van der Waals surface area contributed by atoms with Gasteiger partial charge in [-0.25, -0.2) is 4.39 Å². The molecule has 1 amide bonds. The Hall–Kier alpha value is -2.84. The maximum absolute atomic E-state index is 13.1. The molecule has 0 aliphatic carbocycles. The summed E-state index contributed by atoms with van der Waals surface area (Å²) in [6.45, 7) is 0.708. The van der Waals surface area contributed by atoms with Crippen LogP contribution in [-0.4, -0.2) is 27.5 Å². The fraction of sp³-hybridized carbons (Fsp3) is 0.227. The summed E-state index contributed by atoms with van der Waals surface area (Å²) in [4.78, 5) is 22.0. The van der Waals surface area contributed by atoms with E-state index in [1.54, 1.807) is 34.8 Å². The van der Waals surface area contributed by atoms with Crippen LogP contribution in [0.2, 0.25) is 0 Å². The third kappa shape index (κ3) is 3.68. The van der Waals surface area contributed by atoms with Crippen LogP contribution in [-0.2, 0) is 17.6 Å². The fourth-order valence-electron chi connectivity index (χ4n) is 3.77. The van der Waals surface area contributed by atoms with E-state index in [0.29, 0.717) is 36.7 Å². The molecule has 4 heterocycles. The third-order valence-corrected chi connectivity index (χ3v) is 7.14. The molecule has 3 aromatic heterocycles. The lowest BCUT2D eigenvalue weighted by atomic mass is 9.98. The Kier molecular flexibility index (Phi) is 5.18. The van der Waals surface area contributed by atoms with Crippen LogP contribution in [0.25, 0.3) is 11.4 Å². The average Bonchev–Trinajstić information content (AvgIpc) is 3.53. The quantitative estimate of drug-likeness (QED) is 0.434. The zero-order valence-corrected chi connectivity index (χ0v) is 17.6. The van der Waals surface area contributed by atoms with Gasteiger partial charge in [0.25, 0.3) is 0 Å². The number of amides is 1. The number of nitrogens with zero attached hydrogens (tertiary/aromatic N) is 3. The summed E-state index contributed by atoms with van der Waals surface area (Å²) in [5, 5.41) is 8.11. The monoisotopic (exact) mass is 439 g/mol. The average molecular weight is 440 g/mol. The van der Waals surface area contributed by atoms with E-state index in [-0.39, 0.29) is 17.8 Å². The second kappa shape index (κ2) is 8.12. The molecular weight excluding hydrogens is 421 g/mol. The summed E-state index contributed by atoms with van der Waals surface area (Å²) in [5.74, 6) is 0.564. The van der Waals surface area contributed by atoms with E-state index < -0.39 is 0 Å². The predicted octanol–water partition coefficient (Wildman–Crippen LogP) is 5.11. The van der Waals surface area contributed by atoms with Gasteiger partial charge in [0.05, 0.1) is 6.04 Å². The number of hydrogen-bond donors (Lipinski definition) is 0. The summed E-state index contributed by atoms with van der Waals surface area (Å²) in [5.41, 5.74) is 1.91. The minimum atomic E-state index is -0.316.